The van der Waals surface area contributed by atoms with Crippen LogP contribution in [0.3, 0.4) is 0 Å². The van der Waals surface area contributed by atoms with E-state index in [2.05, 4.69) is 5.32 Å². The summed E-state index contributed by atoms with van der Waals surface area (Å²) in [7, 11) is -0.849. The van der Waals surface area contributed by atoms with Crippen LogP contribution in [0.1, 0.15) is 13.3 Å². The number of hydrogen-bond acceptors (Lipinski definition) is 2. The number of urea groups is 1. The molecule has 2 unspecified atom stereocenters. The van der Waals surface area contributed by atoms with Gasteiger partial charge in [0.1, 0.15) is 0 Å². The van der Waals surface area contributed by atoms with Crippen LogP contribution < -0.4 is 5.32 Å². The van der Waals surface area contributed by atoms with Crippen LogP contribution in [0.5, 0.6) is 0 Å². The van der Waals surface area contributed by atoms with Gasteiger partial charge in [-0.15, -0.1) is 0 Å². The molecule has 0 bridgehead atoms. The summed E-state index contributed by atoms with van der Waals surface area (Å²) >= 11 is 0. The Bertz CT molecular complexity index is 220. The zero-order chi connectivity index (χ0) is 9.84. The Hall–Kier alpha value is -0.580. The first-order chi connectivity index (χ1) is 6.11. The van der Waals surface area contributed by atoms with Crippen molar-refractivity contribution in [3.05, 3.63) is 0 Å². The van der Waals surface area contributed by atoms with Crippen LogP contribution in [-0.4, -0.2) is 46.3 Å². The molecule has 0 aromatic rings. The normalized spacial score (nSPS) is 22.3. The van der Waals surface area contributed by atoms with E-state index in [4.69, 9.17) is 0 Å². The van der Waals surface area contributed by atoms with Gasteiger partial charge in [0, 0.05) is 41.9 Å². The lowest BCUT2D eigenvalue weighted by atomic mass is 10.3. The molecule has 1 aliphatic heterocycles. The lowest BCUT2D eigenvalue weighted by Crippen LogP contribution is -2.49. The van der Waals surface area contributed by atoms with E-state index in [9.17, 15) is 9.00 Å². The Kier molecular flexibility index (Phi) is 3.71. The number of rotatable bonds is 3. The molecule has 1 fully saturated rings. The van der Waals surface area contributed by atoms with Gasteiger partial charge < -0.3 is 10.2 Å². The lowest BCUT2D eigenvalue weighted by Gasteiger charge is -2.29. The first kappa shape index (κ1) is 10.5. The molecule has 0 aromatic heterocycles. The van der Waals surface area contributed by atoms with Crippen LogP contribution in [0, 0.1) is 0 Å². The van der Waals surface area contributed by atoms with Gasteiger partial charge in [0.05, 0.1) is 0 Å². The molecular weight excluding hydrogens is 188 g/mol. The Morgan fingerprint density at radius 1 is 1.69 bits per heavy atom. The topological polar surface area (TPSA) is 49.4 Å². The number of nitrogens with one attached hydrogen (secondary N) is 1. The highest BCUT2D eigenvalue weighted by molar-refractivity contribution is 7.84. The molecule has 5 heteroatoms. The molecule has 76 valence electrons. The van der Waals surface area contributed by atoms with E-state index in [1.54, 1.807) is 11.2 Å². The fourth-order valence-corrected chi connectivity index (χ4v) is 1.66. The fraction of sp³-hybridized carbons (Fsp3) is 0.875. The average molecular weight is 204 g/mol. The molecule has 2 amide bonds. The molecule has 1 N–H and O–H groups in total. The Labute approximate surface area is 81.1 Å². The van der Waals surface area contributed by atoms with Gasteiger partial charge in [-0.1, -0.05) is 0 Å². The molecule has 1 heterocycles. The third kappa shape index (κ3) is 2.99. The fourth-order valence-electron chi connectivity index (χ4n) is 1.27. The second-order valence-corrected chi connectivity index (χ2v) is 5.14. The summed E-state index contributed by atoms with van der Waals surface area (Å²) in [5.74, 6) is 0. The first-order valence-corrected chi connectivity index (χ1v) is 6.08. The van der Waals surface area contributed by atoms with Crippen molar-refractivity contribution in [1.82, 2.24) is 10.2 Å². The third-order valence-electron chi connectivity index (χ3n) is 2.21. The van der Waals surface area contributed by atoms with E-state index in [1.165, 1.54) is 0 Å². The molecule has 13 heavy (non-hydrogen) atoms. The summed E-state index contributed by atoms with van der Waals surface area (Å²) < 4.78 is 11.1. The summed E-state index contributed by atoms with van der Waals surface area (Å²) in [6, 6.07) is -0.0245. The van der Waals surface area contributed by atoms with Crippen molar-refractivity contribution in [2.24, 2.45) is 0 Å². The standard InChI is InChI=1S/C8H16N2O2S/c1-7(13(2)12)6-10-5-3-4-9-8(10)11/h7H,3-6H2,1-2H3,(H,9,11). The van der Waals surface area contributed by atoms with Gasteiger partial charge in [0.15, 0.2) is 0 Å². The number of carbonyl (C=O) groups is 1. The summed E-state index contributed by atoms with van der Waals surface area (Å²) in [6.07, 6.45) is 2.65. The Morgan fingerprint density at radius 3 is 2.92 bits per heavy atom. The van der Waals surface area contributed by atoms with Crippen molar-refractivity contribution in [1.29, 1.82) is 0 Å². The van der Waals surface area contributed by atoms with Crippen molar-refractivity contribution >= 4 is 16.8 Å². The van der Waals surface area contributed by atoms with Crippen molar-refractivity contribution in [2.75, 3.05) is 25.9 Å². The molecule has 0 radical (unpaired) electrons. The van der Waals surface area contributed by atoms with E-state index < -0.39 is 10.8 Å². The van der Waals surface area contributed by atoms with Crippen molar-refractivity contribution in [3.8, 4) is 0 Å². The molecule has 0 saturated carbocycles. The summed E-state index contributed by atoms with van der Waals surface area (Å²) in [5.41, 5.74) is 0. The minimum Gasteiger partial charge on any atom is -0.338 e. The predicted octanol–water partition coefficient (Wildman–Crippen LogP) is 0.169. The molecule has 0 aromatic carbocycles. The molecule has 0 aliphatic carbocycles. The van der Waals surface area contributed by atoms with E-state index in [1.807, 2.05) is 6.92 Å². The van der Waals surface area contributed by atoms with Gasteiger partial charge in [-0.25, -0.2) is 4.79 Å². The smallest absolute Gasteiger partial charge is 0.317 e. The highest BCUT2D eigenvalue weighted by Gasteiger charge is 2.20. The number of nitrogens with zero attached hydrogens (tertiary/aromatic N) is 1. The van der Waals surface area contributed by atoms with Crippen LogP contribution in [0.25, 0.3) is 0 Å². The van der Waals surface area contributed by atoms with Gasteiger partial charge in [0.2, 0.25) is 0 Å². The summed E-state index contributed by atoms with van der Waals surface area (Å²) in [6.45, 7) is 4.04. The van der Waals surface area contributed by atoms with E-state index in [0.717, 1.165) is 19.5 Å². The molecular formula is C8H16N2O2S. The van der Waals surface area contributed by atoms with Crippen LogP contribution in [0.15, 0.2) is 0 Å². The van der Waals surface area contributed by atoms with E-state index in [-0.39, 0.29) is 11.3 Å². The maximum absolute atomic E-state index is 11.3. The SMILES string of the molecule is CC(CN1CCCNC1=O)S(C)=O. The monoisotopic (exact) mass is 204 g/mol. The number of amides is 2. The van der Waals surface area contributed by atoms with Gasteiger partial charge in [-0.3, -0.25) is 4.21 Å². The molecule has 2 atom stereocenters. The van der Waals surface area contributed by atoms with Crippen LogP contribution in [0.2, 0.25) is 0 Å². The van der Waals surface area contributed by atoms with Gasteiger partial charge in [-0.05, 0) is 13.3 Å². The number of carbonyl (C=O) groups excluding carboxylic acids is 1. The average Bonchev–Trinajstić information content (AvgIpc) is 2.08. The Morgan fingerprint density at radius 2 is 2.38 bits per heavy atom. The highest BCUT2D eigenvalue weighted by Crippen LogP contribution is 2.03. The maximum atomic E-state index is 11.3. The van der Waals surface area contributed by atoms with E-state index >= 15 is 0 Å². The quantitative estimate of drug-likeness (QED) is 0.712. The zero-order valence-corrected chi connectivity index (χ0v) is 8.89. The second kappa shape index (κ2) is 4.60. The van der Waals surface area contributed by atoms with Crippen molar-refractivity contribution in [2.45, 2.75) is 18.6 Å². The molecule has 1 aliphatic rings. The zero-order valence-electron chi connectivity index (χ0n) is 8.08. The first-order valence-electron chi connectivity index (χ1n) is 4.46. The second-order valence-electron chi connectivity index (χ2n) is 3.34. The number of hydrogen-bond donors (Lipinski definition) is 1. The molecule has 4 nitrogen and oxygen atoms in total. The third-order valence-corrected chi connectivity index (χ3v) is 3.49. The lowest BCUT2D eigenvalue weighted by molar-refractivity contribution is 0.187. The van der Waals surface area contributed by atoms with Gasteiger partial charge in [0.25, 0.3) is 0 Å². The minimum absolute atomic E-state index is 0.0245. The van der Waals surface area contributed by atoms with Gasteiger partial charge in [-0.2, -0.15) is 0 Å². The largest absolute Gasteiger partial charge is 0.338 e. The minimum atomic E-state index is -0.849. The van der Waals surface area contributed by atoms with Crippen LogP contribution in [0.4, 0.5) is 4.79 Å². The van der Waals surface area contributed by atoms with E-state index in [0.29, 0.717) is 6.54 Å². The summed E-state index contributed by atoms with van der Waals surface area (Å²) in [5, 5.41) is 2.82. The molecule has 0 spiro atoms. The van der Waals surface area contributed by atoms with Crippen LogP contribution in [-0.2, 0) is 10.8 Å². The molecule has 1 saturated heterocycles. The summed E-state index contributed by atoms with van der Waals surface area (Å²) in [4.78, 5) is 13.0. The molecule has 1 rings (SSSR count). The van der Waals surface area contributed by atoms with Gasteiger partial charge >= 0.3 is 6.03 Å². The Balaban J connectivity index is 2.42. The van der Waals surface area contributed by atoms with Crippen molar-refractivity contribution in [3.63, 3.8) is 0 Å². The maximum Gasteiger partial charge on any atom is 0.317 e. The highest BCUT2D eigenvalue weighted by atomic mass is 32.2. The van der Waals surface area contributed by atoms with Crippen LogP contribution >= 0.6 is 0 Å². The predicted molar refractivity (Wildman–Crippen MR) is 53.1 cm³/mol. The van der Waals surface area contributed by atoms with Crippen molar-refractivity contribution < 1.29 is 9.00 Å².